The smallest absolute Gasteiger partial charge is 0.407 e. The maximum atomic E-state index is 14.6. The Morgan fingerprint density at radius 2 is 1.75 bits per heavy atom. The maximum Gasteiger partial charge on any atom is 0.407 e. The van der Waals surface area contributed by atoms with Gasteiger partial charge in [0.1, 0.15) is 47.5 Å². The first-order chi connectivity index (χ1) is 27.0. The minimum Gasteiger partial charge on any atom is -0.493 e. The first-order valence-corrected chi connectivity index (χ1v) is 20.7. The highest BCUT2D eigenvalue weighted by atomic mass is 32.2. The van der Waals surface area contributed by atoms with Crippen LogP contribution in [0.5, 0.6) is 11.5 Å². The van der Waals surface area contributed by atoms with E-state index in [1.54, 1.807) is 20.8 Å². The molecule has 1 spiro atoms. The molecule has 5 aliphatic rings. The zero-order valence-corrected chi connectivity index (χ0v) is 32.6. The maximum absolute atomic E-state index is 14.6. The lowest BCUT2D eigenvalue weighted by molar-refractivity contribution is -0.143. The number of carbonyl (C=O) groups excluding carboxylic acids is 4. The van der Waals surface area contributed by atoms with Crippen molar-refractivity contribution in [1.29, 1.82) is 0 Å². The Morgan fingerprint density at radius 1 is 1.02 bits per heavy atom. The fraction of sp³-hybridized carbons (Fsp3) is 0.525. The SMILES string of the molecule is CC(C)(C)[C@@H]1NC(=O)OCC2(CC2)COc2cccc(c2)-c2nc3ccccc3cc2OC2C[C@@H](C(=O)NC3(C(=O)NS(=O)(=O)C4CC4)C[C@H]3C(F)F)N(C2)C1=O. The molecule has 2 aromatic carbocycles. The number of sulfonamides is 1. The molecule has 14 nitrogen and oxygen atoms in total. The van der Waals surface area contributed by atoms with Gasteiger partial charge in [-0.25, -0.2) is 27.0 Å². The van der Waals surface area contributed by atoms with Crippen molar-refractivity contribution in [2.24, 2.45) is 16.7 Å². The average molecular weight is 810 g/mol. The van der Waals surface area contributed by atoms with Crippen LogP contribution in [-0.2, 0) is 29.1 Å². The number of hydrogen-bond acceptors (Lipinski definition) is 10. The van der Waals surface area contributed by atoms with E-state index in [0.717, 1.165) is 18.2 Å². The van der Waals surface area contributed by atoms with E-state index in [0.29, 0.717) is 41.1 Å². The Morgan fingerprint density at radius 3 is 2.44 bits per heavy atom. The van der Waals surface area contributed by atoms with Crippen molar-refractivity contribution < 1.29 is 50.6 Å². The van der Waals surface area contributed by atoms with Crippen LogP contribution in [0.1, 0.15) is 59.3 Å². The molecule has 1 aromatic heterocycles. The van der Waals surface area contributed by atoms with Gasteiger partial charge in [0.15, 0.2) is 0 Å². The zero-order valence-electron chi connectivity index (χ0n) is 31.8. The van der Waals surface area contributed by atoms with E-state index >= 15 is 0 Å². The summed E-state index contributed by atoms with van der Waals surface area (Å²) in [7, 11) is -4.14. The molecular weight excluding hydrogens is 765 g/mol. The number of aromatic nitrogens is 1. The number of rotatable bonds is 6. The number of alkyl halides is 2. The number of fused-ring (bicyclic) bond motifs is 7. The summed E-state index contributed by atoms with van der Waals surface area (Å²) in [4.78, 5) is 61.9. The molecule has 3 saturated carbocycles. The van der Waals surface area contributed by atoms with Crippen molar-refractivity contribution in [2.75, 3.05) is 19.8 Å². The minimum atomic E-state index is -4.14. The van der Waals surface area contributed by atoms with E-state index < -0.39 is 92.4 Å². The Hall–Kier alpha value is -5.06. The number of nitrogens with zero attached hydrogens (tertiary/aromatic N) is 2. The predicted octanol–water partition coefficient (Wildman–Crippen LogP) is 4.31. The molecule has 57 heavy (non-hydrogen) atoms. The lowest BCUT2D eigenvalue weighted by Crippen LogP contribution is -2.60. The third-order valence-corrected chi connectivity index (χ3v) is 13.4. The van der Waals surface area contributed by atoms with Crippen LogP contribution in [0.25, 0.3) is 22.2 Å². The largest absolute Gasteiger partial charge is 0.493 e. The lowest BCUT2D eigenvalue weighted by Gasteiger charge is -2.35. The predicted molar refractivity (Wildman–Crippen MR) is 202 cm³/mol. The molecule has 17 heteroatoms. The first kappa shape index (κ1) is 38.8. The second kappa shape index (κ2) is 14.1. The van der Waals surface area contributed by atoms with Gasteiger partial charge in [-0.3, -0.25) is 19.1 Å². The van der Waals surface area contributed by atoms with Crippen molar-refractivity contribution >= 4 is 44.7 Å². The molecule has 4 amide bonds. The molecule has 4 bridgehead atoms. The van der Waals surface area contributed by atoms with Crippen molar-refractivity contribution in [3.8, 4) is 22.8 Å². The van der Waals surface area contributed by atoms with Crippen LogP contribution in [0.15, 0.2) is 54.6 Å². The normalized spacial score (nSPS) is 27.2. The van der Waals surface area contributed by atoms with Crippen molar-refractivity contribution in [3.05, 3.63) is 54.6 Å². The highest BCUT2D eigenvalue weighted by molar-refractivity contribution is 7.91. The van der Waals surface area contributed by atoms with Gasteiger partial charge in [0.05, 0.1) is 29.8 Å². The molecule has 8 rings (SSSR count). The van der Waals surface area contributed by atoms with E-state index in [9.17, 15) is 36.4 Å². The number of benzene rings is 2. The van der Waals surface area contributed by atoms with E-state index in [4.69, 9.17) is 19.2 Å². The van der Waals surface area contributed by atoms with Gasteiger partial charge in [0.25, 0.3) is 5.91 Å². The first-order valence-electron chi connectivity index (χ1n) is 19.2. The quantitative estimate of drug-likeness (QED) is 0.325. The number of amides is 4. The van der Waals surface area contributed by atoms with Gasteiger partial charge < -0.3 is 29.7 Å². The summed E-state index contributed by atoms with van der Waals surface area (Å²) in [6.45, 7) is 5.34. The second-order valence-corrected chi connectivity index (χ2v) is 19.1. The number of alkyl carbamates (subject to hydrolysis) is 1. The summed E-state index contributed by atoms with van der Waals surface area (Å²) < 4.78 is 74.2. The van der Waals surface area contributed by atoms with Gasteiger partial charge >= 0.3 is 6.09 Å². The fourth-order valence-electron chi connectivity index (χ4n) is 7.66. The van der Waals surface area contributed by atoms with Crippen LogP contribution >= 0.6 is 0 Å². The third-order valence-electron chi connectivity index (χ3n) is 11.6. The van der Waals surface area contributed by atoms with Gasteiger partial charge in [-0.1, -0.05) is 51.1 Å². The molecule has 1 saturated heterocycles. The number of ether oxygens (including phenoxy) is 3. The van der Waals surface area contributed by atoms with Crippen molar-refractivity contribution in [3.63, 3.8) is 0 Å². The van der Waals surface area contributed by atoms with Crippen LogP contribution < -0.4 is 24.8 Å². The molecule has 3 N–H and O–H groups in total. The number of cyclic esters (lactones) is 1. The zero-order chi connectivity index (χ0) is 40.5. The Kier molecular flexibility index (Phi) is 9.59. The summed E-state index contributed by atoms with van der Waals surface area (Å²) >= 11 is 0. The number of halogens is 2. The van der Waals surface area contributed by atoms with Gasteiger partial charge in [0, 0.05) is 22.8 Å². The van der Waals surface area contributed by atoms with Gasteiger partial charge in [-0.05, 0) is 61.8 Å². The fourth-order valence-corrected chi connectivity index (χ4v) is 9.02. The highest BCUT2D eigenvalue weighted by Gasteiger charge is 2.67. The lowest BCUT2D eigenvalue weighted by atomic mass is 9.85. The standard InChI is InChI=1S/C40H45F2N5O9S/c1-38(2,3)32-35(49)47-19-25(17-29(47)34(48)45-40(18-27(40)33(41)42)36(50)46-57(52,53)26-11-12-26)56-30-16-22-7-4-5-10-28(22)43-31(30)23-8-6-9-24(15-23)54-20-39(13-14-39)21-55-37(51)44-32/h4-10,15-16,25-27,29,32-33H,11-14,17-21H2,1-3H3,(H,44,51)(H,45,48)(H,46,50)/t25?,27-,29-,32+,40?/m0/s1. The Balaban J connectivity index is 1.17. The van der Waals surface area contributed by atoms with Crippen LogP contribution in [-0.4, -0.2) is 97.3 Å². The van der Waals surface area contributed by atoms with Crippen LogP contribution in [0.3, 0.4) is 0 Å². The molecule has 5 atom stereocenters. The van der Waals surface area contributed by atoms with Crippen LogP contribution in [0, 0.1) is 16.7 Å². The van der Waals surface area contributed by atoms with E-state index in [1.807, 2.05) is 59.3 Å². The summed E-state index contributed by atoms with van der Waals surface area (Å²) in [5, 5.41) is 5.09. The molecule has 4 fully saturated rings. The number of nitrogens with one attached hydrogen (secondary N) is 3. The Labute approximate surface area is 328 Å². The third kappa shape index (κ3) is 7.82. The summed E-state index contributed by atoms with van der Waals surface area (Å²) in [5.41, 5.74) is -1.72. The number of para-hydroxylation sites is 1. The average Bonchev–Trinajstić information content (AvgIpc) is 4.07. The van der Waals surface area contributed by atoms with E-state index in [-0.39, 0.29) is 26.2 Å². The van der Waals surface area contributed by atoms with Crippen LogP contribution in [0.4, 0.5) is 13.6 Å². The molecule has 2 aliphatic heterocycles. The van der Waals surface area contributed by atoms with Crippen molar-refractivity contribution in [1.82, 2.24) is 25.2 Å². The van der Waals surface area contributed by atoms with Crippen LogP contribution in [0.2, 0.25) is 0 Å². The molecular formula is C40H45F2N5O9S. The molecule has 0 radical (unpaired) electrons. The summed E-state index contributed by atoms with van der Waals surface area (Å²) in [5.74, 6) is -3.61. The van der Waals surface area contributed by atoms with Gasteiger partial charge in [0.2, 0.25) is 28.3 Å². The minimum absolute atomic E-state index is 0.0382. The van der Waals surface area contributed by atoms with E-state index in [2.05, 4.69) is 10.6 Å². The topological polar surface area (TPSA) is 182 Å². The van der Waals surface area contributed by atoms with Gasteiger partial charge in [-0.15, -0.1) is 0 Å². The molecule has 3 aromatic rings. The molecule has 3 aliphatic carbocycles. The number of pyridine rings is 1. The molecule has 2 unspecified atom stereocenters. The summed E-state index contributed by atoms with van der Waals surface area (Å²) in [6, 6.07) is 14.0. The van der Waals surface area contributed by atoms with E-state index in [1.165, 1.54) is 4.90 Å². The number of carbonyl (C=O) groups is 4. The molecule has 304 valence electrons. The monoisotopic (exact) mass is 809 g/mol. The Bertz CT molecular complexity index is 2240. The highest BCUT2D eigenvalue weighted by Crippen LogP contribution is 2.49. The molecule has 3 heterocycles. The van der Waals surface area contributed by atoms with Gasteiger partial charge in [-0.2, -0.15) is 0 Å². The van der Waals surface area contributed by atoms with Crippen molar-refractivity contribution in [2.45, 2.75) is 94.7 Å². The number of hydrogen-bond donors (Lipinski definition) is 3. The second-order valence-electron chi connectivity index (χ2n) is 17.1. The summed E-state index contributed by atoms with van der Waals surface area (Å²) in [6.07, 6.45) is -3.23.